The van der Waals surface area contributed by atoms with Gasteiger partial charge in [-0.2, -0.15) is 0 Å². The monoisotopic (exact) mass is 220 g/mol. The van der Waals surface area contributed by atoms with Gasteiger partial charge in [0.05, 0.1) is 6.54 Å². The van der Waals surface area contributed by atoms with Gasteiger partial charge in [0.1, 0.15) is 5.78 Å². The van der Waals surface area contributed by atoms with Crippen molar-refractivity contribution in [3.05, 3.63) is 24.6 Å². The molecule has 88 valence electrons. The molecule has 0 saturated heterocycles. The first kappa shape index (κ1) is 11.4. The van der Waals surface area contributed by atoms with Gasteiger partial charge in [-0.05, 0) is 32.1 Å². The number of ketones is 1. The third-order valence-corrected chi connectivity index (χ3v) is 3.60. The van der Waals surface area contributed by atoms with E-state index in [2.05, 4.69) is 29.5 Å². The van der Waals surface area contributed by atoms with Crippen LogP contribution in [-0.2, 0) is 4.79 Å². The van der Waals surface area contributed by atoms with Gasteiger partial charge in [0.15, 0.2) is 0 Å². The third kappa shape index (κ3) is 2.53. The topological polar surface area (TPSA) is 46.3 Å². The highest BCUT2D eigenvalue weighted by atomic mass is 16.1. The number of rotatable bonds is 3. The molecular weight excluding hydrogens is 200 g/mol. The molecule has 0 radical (unpaired) electrons. The van der Waals surface area contributed by atoms with Gasteiger partial charge in [-0.15, -0.1) is 0 Å². The standard InChI is InChI=1S/C13H20N2O/c14-10-13(16)11-4-6-12(7-5-11)15-8-2-1-3-9-15/h2-3,8-9,11-12H,1,4-7,10,14H2. The lowest BCUT2D eigenvalue weighted by Crippen LogP contribution is -2.35. The number of carbonyl (C=O) groups is 1. The Morgan fingerprint density at radius 2 is 1.81 bits per heavy atom. The molecule has 1 aliphatic carbocycles. The number of nitrogens with zero attached hydrogens (tertiary/aromatic N) is 1. The molecule has 0 aromatic carbocycles. The Hall–Kier alpha value is -1.09. The van der Waals surface area contributed by atoms with Crippen LogP contribution in [-0.4, -0.2) is 23.3 Å². The Morgan fingerprint density at radius 1 is 1.19 bits per heavy atom. The van der Waals surface area contributed by atoms with Crippen LogP contribution in [0.3, 0.4) is 0 Å². The van der Waals surface area contributed by atoms with Crippen molar-refractivity contribution < 1.29 is 4.79 Å². The minimum atomic E-state index is 0.207. The molecule has 2 rings (SSSR count). The summed E-state index contributed by atoms with van der Waals surface area (Å²) < 4.78 is 0. The zero-order valence-electron chi connectivity index (χ0n) is 9.64. The van der Waals surface area contributed by atoms with Crippen molar-refractivity contribution in [3.8, 4) is 0 Å². The first-order valence-electron chi connectivity index (χ1n) is 6.15. The average Bonchev–Trinajstić information content (AvgIpc) is 2.39. The van der Waals surface area contributed by atoms with E-state index in [9.17, 15) is 4.79 Å². The van der Waals surface area contributed by atoms with Gasteiger partial charge in [-0.1, -0.05) is 12.2 Å². The molecule has 0 unspecified atom stereocenters. The zero-order valence-corrected chi connectivity index (χ0v) is 9.64. The number of hydrogen-bond donors (Lipinski definition) is 1. The zero-order chi connectivity index (χ0) is 11.4. The fraction of sp³-hybridized carbons (Fsp3) is 0.615. The first-order valence-corrected chi connectivity index (χ1v) is 6.15. The SMILES string of the molecule is NCC(=O)C1CCC(N2C=CCC=C2)CC1. The summed E-state index contributed by atoms with van der Waals surface area (Å²) >= 11 is 0. The van der Waals surface area contributed by atoms with Crippen LogP contribution in [0.4, 0.5) is 0 Å². The van der Waals surface area contributed by atoms with Gasteiger partial charge in [-0.3, -0.25) is 4.79 Å². The molecule has 0 amide bonds. The molecule has 0 aromatic heterocycles. The lowest BCUT2D eigenvalue weighted by molar-refractivity contribution is -0.122. The van der Waals surface area contributed by atoms with Crippen LogP contribution >= 0.6 is 0 Å². The fourth-order valence-corrected chi connectivity index (χ4v) is 2.60. The van der Waals surface area contributed by atoms with Crippen LogP contribution in [0.5, 0.6) is 0 Å². The first-order chi connectivity index (χ1) is 7.81. The molecule has 3 heteroatoms. The van der Waals surface area contributed by atoms with Crippen LogP contribution in [0.15, 0.2) is 24.6 Å². The maximum absolute atomic E-state index is 11.5. The number of Topliss-reactive ketones (excluding diaryl/α,β-unsaturated/α-hetero) is 1. The van der Waals surface area contributed by atoms with Crippen LogP contribution < -0.4 is 5.73 Å². The van der Waals surface area contributed by atoms with Gasteiger partial charge < -0.3 is 10.6 Å². The van der Waals surface area contributed by atoms with Crippen LogP contribution in [0, 0.1) is 5.92 Å². The van der Waals surface area contributed by atoms with Crippen molar-refractivity contribution in [2.45, 2.75) is 38.1 Å². The Bertz CT molecular complexity index is 289. The summed E-state index contributed by atoms with van der Waals surface area (Å²) in [6.07, 6.45) is 13.9. The second-order valence-corrected chi connectivity index (χ2v) is 4.63. The minimum absolute atomic E-state index is 0.207. The summed E-state index contributed by atoms with van der Waals surface area (Å²) in [7, 11) is 0. The van der Waals surface area contributed by atoms with E-state index in [0.717, 1.165) is 32.1 Å². The van der Waals surface area contributed by atoms with Crippen molar-refractivity contribution in [2.75, 3.05) is 6.54 Å². The van der Waals surface area contributed by atoms with Crippen LogP contribution in [0.1, 0.15) is 32.1 Å². The van der Waals surface area contributed by atoms with E-state index in [1.54, 1.807) is 0 Å². The van der Waals surface area contributed by atoms with Gasteiger partial charge >= 0.3 is 0 Å². The predicted molar refractivity (Wildman–Crippen MR) is 64.5 cm³/mol. The summed E-state index contributed by atoms with van der Waals surface area (Å²) in [5, 5.41) is 0. The second kappa shape index (κ2) is 5.30. The van der Waals surface area contributed by atoms with E-state index in [1.807, 2.05) is 0 Å². The Morgan fingerprint density at radius 3 is 2.38 bits per heavy atom. The lowest BCUT2D eigenvalue weighted by atomic mass is 9.83. The largest absolute Gasteiger partial charge is 0.352 e. The maximum atomic E-state index is 11.5. The van der Waals surface area contributed by atoms with Gasteiger partial charge in [-0.25, -0.2) is 0 Å². The van der Waals surface area contributed by atoms with Crippen LogP contribution in [0.25, 0.3) is 0 Å². The second-order valence-electron chi connectivity index (χ2n) is 4.63. The Kier molecular flexibility index (Phi) is 3.78. The lowest BCUT2D eigenvalue weighted by Gasteiger charge is -2.34. The molecule has 0 aromatic rings. The molecule has 2 aliphatic rings. The molecule has 1 saturated carbocycles. The average molecular weight is 220 g/mol. The highest BCUT2D eigenvalue weighted by molar-refractivity contribution is 5.82. The molecule has 1 heterocycles. The molecule has 0 atom stereocenters. The van der Waals surface area contributed by atoms with E-state index in [1.165, 1.54) is 0 Å². The van der Waals surface area contributed by atoms with Gasteiger partial charge in [0, 0.05) is 24.4 Å². The Labute approximate surface area is 97.0 Å². The molecule has 0 spiro atoms. The summed E-state index contributed by atoms with van der Waals surface area (Å²) in [6.45, 7) is 0.207. The molecule has 1 fully saturated rings. The molecule has 2 N–H and O–H groups in total. The van der Waals surface area contributed by atoms with E-state index < -0.39 is 0 Å². The molecule has 0 bridgehead atoms. The smallest absolute Gasteiger partial charge is 0.149 e. The summed E-state index contributed by atoms with van der Waals surface area (Å²) in [5.41, 5.74) is 5.40. The van der Waals surface area contributed by atoms with E-state index in [4.69, 9.17) is 5.73 Å². The molecule has 1 aliphatic heterocycles. The normalized spacial score (nSPS) is 29.4. The third-order valence-electron chi connectivity index (χ3n) is 3.60. The highest BCUT2D eigenvalue weighted by Crippen LogP contribution is 2.29. The minimum Gasteiger partial charge on any atom is -0.352 e. The number of allylic oxidation sites excluding steroid dienone is 2. The van der Waals surface area contributed by atoms with E-state index in [0.29, 0.717) is 6.04 Å². The van der Waals surface area contributed by atoms with Crippen molar-refractivity contribution in [2.24, 2.45) is 11.7 Å². The highest BCUT2D eigenvalue weighted by Gasteiger charge is 2.27. The molecular formula is C13H20N2O. The number of hydrogen-bond acceptors (Lipinski definition) is 3. The van der Waals surface area contributed by atoms with Crippen LogP contribution in [0.2, 0.25) is 0 Å². The van der Waals surface area contributed by atoms with Crippen molar-refractivity contribution >= 4 is 5.78 Å². The molecule has 3 nitrogen and oxygen atoms in total. The van der Waals surface area contributed by atoms with E-state index >= 15 is 0 Å². The predicted octanol–water partition coefficient (Wildman–Crippen LogP) is 1.81. The Balaban J connectivity index is 1.85. The number of nitrogens with two attached hydrogens (primary N) is 1. The summed E-state index contributed by atoms with van der Waals surface area (Å²) in [5.74, 6) is 0.460. The van der Waals surface area contributed by atoms with E-state index in [-0.39, 0.29) is 18.2 Å². The summed E-state index contributed by atoms with van der Waals surface area (Å²) in [6, 6.07) is 0.578. The van der Waals surface area contributed by atoms with Crippen molar-refractivity contribution in [1.29, 1.82) is 0 Å². The molecule has 16 heavy (non-hydrogen) atoms. The number of carbonyl (C=O) groups excluding carboxylic acids is 1. The quantitative estimate of drug-likeness (QED) is 0.789. The van der Waals surface area contributed by atoms with Crippen molar-refractivity contribution in [1.82, 2.24) is 4.90 Å². The van der Waals surface area contributed by atoms with Gasteiger partial charge in [0.25, 0.3) is 0 Å². The van der Waals surface area contributed by atoms with Crippen molar-refractivity contribution in [3.63, 3.8) is 0 Å². The van der Waals surface area contributed by atoms with Gasteiger partial charge in [0.2, 0.25) is 0 Å². The fourth-order valence-electron chi connectivity index (χ4n) is 2.60. The summed E-state index contributed by atoms with van der Waals surface area (Å²) in [4.78, 5) is 13.8. The maximum Gasteiger partial charge on any atom is 0.149 e.